The van der Waals surface area contributed by atoms with Crippen molar-refractivity contribution in [3.8, 4) is 0 Å². The number of imidazole rings is 1. The zero-order valence-electron chi connectivity index (χ0n) is 10.4. The minimum Gasteiger partial charge on any atom is -0.330 e. The molecule has 18 heavy (non-hydrogen) atoms. The number of hydrogen-bond donors (Lipinski definition) is 0. The molecule has 3 nitrogen and oxygen atoms in total. The van der Waals surface area contributed by atoms with Crippen LogP contribution in [0.2, 0.25) is 0 Å². The van der Waals surface area contributed by atoms with Crippen molar-refractivity contribution in [2.45, 2.75) is 24.8 Å². The Morgan fingerprint density at radius 3 is 2.72 bits per heavy atom. The monoisotopic (exact) mass is 260 g/mol. The minimum atomic E-state index is 0.111. The van der Waals surface area contributed by atoms with Crippen LogP contribution in [0, 0.1) is 0 Å². The molecular weight excluding hydrogens is 244 g/mol. The van der Waals surface area contributed by atoms with Crippen molar-refractivity contribution < 1.29 is 4.79 Å². The molecule has 0 saturated heterocycles. The number of thioether (sulfide) groups is 1. The lowest BCUT2D eigenvalue weighted by atomic mass is 10.1. The third-order valence-corrected chi connectivity index (χ3v) is 3.75. The summed E-state index contributed by atoms with van der Waals surface area (Å²) in [7, 11) is 0. The Hall–Kier alpha value is -1.55. The van der Waals surface area contributed by atoms with Crippen molar-refractivity contribution >= 4 is 17.5 Å². The lowest BCUT2D eigenvalue weighted by molar-refractivity contribution is 0.0972. The first-order chi connectivity index (χ1) is 8.79. The van der Waals surface area contributed by atoms with Gasteiger partial charge in [-0.3, -0.25) is 4.79 Å². The Labute approximate surface area is 111 Å². The van der Waals surface area contributed by atoms with Gasteiger partial charge in [-0.1, -0.05) is 19.1 Å². The number of hydrogen-bond acceptors (Lipinski definition) is 3. The summed E-state index contributed by atoms with van der Waals surface area (Å²) in [5.74, 6) is 1.22. The van der Waals surface area contributed by atoms with Crippen molar-refractivity contribution in [2.24, 2.45) is 0 Å². The smallest absolute Gasteiger partial charge is 0.182 e. The van der Waals surface area contributed by atoms with E-state index in [1.165, 1.54) is 4.90 Å². The number of benzene rings is 1. The van der Waals surface area contributed by atoms with Gasteiger partial charge in [-0.25, -0.2) is 4.98 Å². The quantitative estimate of drug-likeness (QED) is 0.590. The fourth-order valence-electron chi connectivity index (χ4n) is 1.59. The lowest BCUT2D eigenvalue weighted by Crippen LogP contribution is -2.08. The SMILES string of the molecule is CCCSc1ccc(C(=O)Cn2ccnc2)cc1. The van der Waals surface area contributed by atoms with Gasteiger partial charge in [-0.2, -0.15) is 0 Å². The second-order valence-corrected chi connectivity index (χ2v) is 5.20. The maximum absolute atomic E-state index is 12.0. The predicted molar refractivity (Wildman–Crippen MR) is 74.0 cm³/mol. The highest BCUT2D eigenvalue weighted by Gasteiger charge is 2.06. The Bertz CT molecular complexity index is 491. The first-order valence-corrected chi connectivity index (χ1v) is 7.00. The lowest BCUT2D eigenvalue weighted by Gasteiger charge is -2.04. The summed E-state index contributed by atoms with van der Waals surface area (Å²) in [6.07, 6.45) is 6.29. The molecule has 4 heteroatoms. The van der Waals surface area contributed by atoms with Gasteiger partial charge in [0.2, 0.25) is 0 Å². The van der Waals surface area contributed by atoms with E-state index in [-0.39, 0.29) is 5.78 Å². The maximum Gasteiger partial charge on any atom is 0.182 e. The molecule has 1 aromatic heterocycles. The fraction of sp³-hybridized carbons (Fsp3) is 0.286. The van der Waals surface area contributed by atoms with Gasteiger partial charge in [0.15, 0.2) is 5.78 Å². The molecule has 94 valence electrons. The van der Waals surface area contributed by atoms with Gasteiger partial charge in [-0.15, -0.1) is 11.8 Å². The number of nitrogens with zero attached hydrogens (tertiary/aromatic N) is 2. The standard InChI is InChI=1S/C14H16N2OS/c1-2-9-18-13-5-3-12(4-6-13)14(17)10-16-8-7-15-11-16/h3-8,11H,2,9-10H2,1H3. The summed E-state index contributed by atoms with van der Waals surface area (Å²) >= 11 is 1.82. The van der Waals surface area contributed by atoms with Crippen molar-refractivity contribution in [3.05, 3.63) is 48.5 Å². The van der Waals surface area contributed by atoms with Crippen LogP contribution >= 0.6 is 11.8 Å². The highest BCUT2D eigenvalue weighted by Crippen LogP contribution is 2.19. The summed E-state index contributed by atoms with van der Waals surface area (Å²) in [6.45, 7) is 2.51. The summed E-state index contributed by atoms with van der Waals surface area (Å²) in [5.41, 5.74) is 0.754. The van der Waals surface area contributed by atoms with Gasteiger partial charge in [0, 0.05) is 22.9 Å². The van der Waals surface area contributed by atoms with Crippen molar-refractivity contribution in [2.75, 3.05) is 5.75 Å². The third-order valence-electron chi connectivity index (χ3n) is 2.53. The Morgan fingerprint density at radius 2 is 2.11 bits per heavy atom. The van der Waals surface area contributed by atoms with Gasteiger partial charge >= 0.3 is 0 Å². The van der Waals surface area contributed by atoms with E-state index in [4.69, 9.17) is 0 Å². The Balaban J connectivity index is 1.98. The van der Waals surface area contributed by atoms with Gasteiger partial charge in [0.05, 0.1) is 12.9 Å². The second-order valence-electron chi connectivity index (χ2n) is 4.03. The first kappa shape index (κ1) is 12.9. The van der Waals surface area contributed by atoms with Gasteiger partial charge in [0.1, 0.15) is 0 Å². The van der Waals surface area contributed by atoms with Gasteiger partial charge in [-0.05, 0) is 24.3 Å². The van der Waals surface area contributed by atoms with Crippen LogP contribution in [0.5, 0.6) is 0 Å². The summed E-state index contributed by atoms with van der Waals surface area (Å²) in [5, 5.41) is 0. The molecule has 0 aliphatic carbocycles. The van der Waals surface area contributed by atoms with E-state index in [0.717, 1.165) is 17.7 Å². The molecule has 0 N–H and O–H groups in total. The van der Waals surface area contributed by atoms with Gasteiger partial charge < -0.3 is 4.57 Å². The minimum absolute atomic E-state index is 0.111. The van der Waals surface area contributed by atoms with Crippen LogP contribution in [0.1, 0.15) is 23.7 Å². The molecule has 0 unspecified atom stereocenters. The van der Waals surface area contributed by atoms with E-state index in [1.807, 2.05) is 36.0 Å². The number of carbonyl (C=O) groups excluding carboxylic acids is 1. The Kier molecular flexibility index (Phi) is 4.59. The van der Waals surface area contributed by atoms with E-state index >= 15 is 0 Å². The molecule has 2 aromatic rings. The van der Waals surface area contributed by atoms with E-state index in [0.29, 0.717) is 6.54 Å². The molecule has 0 amide bonds. The number of ketones is 1. The van der Waals surface area contributed by atoms with E-state index < -0.39 is 0 Å². The zero-order chi connectivity index (χ0) is 12.8. The number of rotatable bonds is 6. The average Bonchev–Trinajstić information content (AvgIpc) is 2.89. The van der Waals surface area contributed by atoms with Crippen LogP contribution in [0.25, 0.3) is 0 Å². The number of Topliss-reactive ketones (excluding diaryl/α,β-unsaturated/α-hetero) is 1. The van der Waals surface area contributed by atoms with E-state index in [9.17, 15) is 4.79 Å². The first-order valence-electron chi connectivity index (χ1n) is 6.01. The highest BCUT2D eigenvalue weighted by molar-refractivity contribution is 7.99. The molecule has 0 aliphatic rings. The summed E-state index contributed by atoms with van der Waals surface area (Å²) in [4.78, 5) is 17.1. The van der Waals surface area contributed by atoms with Crippen LogP contribution in [0.4, 0.5) is 0 Å². The molecule has 0 spiro atoms. The molecule has 0 atom stereocenters. The molecule has 2 rings (SSSR count). The molecule has 1 heterocycles. The van der Waals surface area contributed by atoms with Crippen LogP contribution in [0.3, 0.4) is 0 Å². The van der Waals surface area contributed by atoms with Crippen LogP contribution < -0.4 is 0 Å². The van der Waals surface area contributed by atoms with E-state index in [2.05, 4.69) is 11.9 Å². The van der Waals surface area contributed by atoms with Crippen molar-refractivity contribution in [1.29, 1.82) is 0 Å². The largest absolute Gasteiger partial charge is 0.330 e. The van der Waals surface area contributed by atoms with E-state index in [1.54, 1.807) is 23.3 Å². The zero-order valence-corrected chi connectivity index (χ0v) is 11.2. The normalized spacial score (nSPS) is 10.5. The van der Waals surface area contributed by atoms with Crippen LogP contribution in [-0.4, -0.2) is 21.1 Å². The predicted octanol–water partition coefficient (Wildman–Crippen LogP) is 3.27. The van der Waals surface area contributed by atoms with Crippen LogP contribution in [0.15, 0.2) is 47.9 Å². The third kappa shape index (κ3) is 3.47. The molecule has 0 bridgehead atoms. The topological polar surface area (TPSA) is 34.9 Å². The maximum atomic E-state index is 12.0. The molecule has 0 fully saturated rings. The molecule has 0 saturated carbocycles. The molecule has 0 aliphatic heterocycles. The summed E-state index contributed by atoms with van der Waals surface area (Å²) < 4.78 is 1.78. The van der Waals surface area contributed by atoms with Crippen LogP contribution in [-0.2, 0) is 6.54 Å². The Morgan fingerprint density at radius 1 is 1.33 bits per heavy atom. The fourth-order valence-corrected chi connectivity index (χ4v) is 2.36. The number of carbonyl (C=O) groups is 1. The van der Waals surface area contributed by atoms with Crippen molar-refractivity contribution in [1.82, 2.24) is 9.55 Å². The molecule has 0 radical (unpaired) electrons. The second kappa shape index (κ2) is 6.40. The molecule has 1 aromatic carbocycles. The van der Waals surface area contributed by atoms with Gasteiger partial charge in [0.25, 0.3) is 0 Å². The average molecular weight is 260 g/mol. The number of aromatic nitrogens is 2. The molecular formula is C14H16N2OS. The highest BCUT2D eigenvalue weighted by atomic mass is 32.2. The summed E-state index contributed by atoms with van der Waals surface area (Å²) in [6, 6.07) is 7.83. The van der Waals surface area contributed by atoms with Crippen molar-refractivity contribution in [3.63, 3.8) is 0 Å².